The van der Waals surface area contributed by atoms with E-state index in [1.807, 2.05) is 60.7 Å². The van der Waals surface area contributed by atoms with Crippen molar-refractivity contribution in [2.75, 3.05) is 0 Å². The molecule has 0 spiro atoms. The molecule has 26 heavy (non-hydrogen) atoms. The van der Waals surface area contributed by atoms with Crippen LogP contribution in [0.15, 0.2) is 60.7 Å². The molecule has 0 aromatic heterocycles. The van der Waals surface area contributed by atoms with Crippen LogP contribution in [-0.2, 0) is 9.30 Å². The third kappa shape index (κ3) is 3.96. The van der Waals surface area contributed by atoms with Gasteiger partial charge in [0.2, 0.25) is 0 Å². The average molecular weight is 372 g/mol. The molecule has 0 bridgehead atoms. The number of aliphatic hydroxyl groups excluding tert-OH is 1. The van der Waals surface area contributed by atoms with Crippen molar-refractivity contribution in [3.8, 4) is 0 Å². The van der Waals surface area contributed by atoms with E-state index in [1.54, 1.807) is 6.92 Å². The van der Waals surface area contributed by atoms with Crippen molar-refractivity contribution >= 4 is 17.8 Å². The smallest absolute Gasteiger partial charge is 0.148 e. The fourth-order valence-electron chi connectivity index (χ4n) is 3.82. The number of aliphatic hydroxyl groups is 1. The van der Waals surface area contributed by atoms with Crippen molar-refractivity contribution in [3.05, 3.63) is 60.7 Å². The lowest BCUT2D eigenvalue weighted by Gasteiger charge is -2.28. The Morgan fingerprint density at radius 2 is 1.50 bits per heavy atom. The monoisotopic (exact) mass is 372 g/mol. The molecule has 1 heterocycles. The van der Waals surface area contributed by atoms with Crippen molar-refractivity contribution in [1.82, 2.24) is 0 Å². The third-order valence-corrected chi connectivity index (χ3v) is 8.88. The number of hydrogen-bond acceptors (Lipinski definition) is 3. The molecule has 2 aromatic carbocycles. The van der Waals surface area contributed by atoms with Gasteiger partial charge in [-0.3, -0.25) is 0 Å². The Labute approximate surface area is 156 Å². The van der Waals surface area contributed by atoms with Gasteiger partial charge in [0, 0.05) is 16.3 Å². The molecule has 4 atom stereocenters. The van der Waals surface area contributed by atoms with E-state index < -0.39 is 13.2 Å². The summed E-state index contributed by atoms with van der Waals surface area (Å²) in [5.74, 6) is 0. The molecule has 4 heteroatoms. The molecule has 1 aliphatic heterocycles. The Hall–Kier alpha value is -1.41. The Morgan fingerprint density at radius 3 is 1.92 bits per heavy atom. The van der Waals surface area contributed by atoms with Crippen molar-refractivity contribution in [3.63, 3.8) is 0 Å². The van der Waals surface area contributed by atoms with E-state index in [2.05, 4.69) is 6.92 Å². The standard InChI is InChI=1S/C22H29O3P/c1-3-4-7-16-20(22-21(25-22)17(2)23)26(24,18-12-8-5-9-13-18)19-14-10-6-11-15-19/h5-6,8-15,17,20-23H,3-4,7,16H2,1-2H3/t17-,20-,21-,22-/m1/s1. The van der Waals surface area contributed by atoms with Crippen LogP contribution in [-0.4, -0.2) is 29.1 Å². The number of epoxide rings is 1. The Balaban J connectivity index is 2.03. The number of unbranched alkanes of at least 4 members (excludes halogenated alkanes) is 2. The fraction of sp³-hybridized carbons (Fsp3) is 0.455. The lowest BCUT2D eigenvalue weighted by molar-refractivity contribution is 0.152. The number of benzene rings is 2. The molecule has 1 fully saturated rings. The van der Waals surface area contributed by atoms with Crippen LogP contribution in [0.2, 0.25) is 0 Å². The highest BCUT2D eigenvalue weighted by Gasteiger charge is 2.54. The minimum atomic E-state index is -2.88. The van der Waals surface area contributed by atoms with Gasteiger partial charge in [-0.15, -0.1) is 0 Å². The first-order valence-corrected chi connectivity index (χ1v) is 11.4. The molecule has 140 valence electrons. The van der Waals surface area contributed by atoms with Gasteiger partial charge in [0.25, 0.3) is 0 Å². The van der Waals surface area contributed by atoms with Crippen LogP contribution in [0.4, 0.5) is 0 Å². The molecule has 0 aliphatic carbocycles. The molecule has 0 radical (unpaired) electrons. The minimum Gasteiger partial charge on any atom is -0.391 e. The largest absolute Gasteiger partial charge is 0.391 e. The average Bonchev–Trinajstić information content (AvgIpc) is 3.47. The predicted octanol–water partition coefficient (Wildman–Crippen LogP) is 4.10. The van der Waals surface area contributed by atoms with E-state index in [4.69, 9.17) is 4.74 Å². The summed E-state index contributed by atoms with van der Waals surface area (Å²) in [6.45, 7) is 3.93. The second-order valence-corrected chi connectivity index (χ2v) is 10.2. The normalized spacial score (nSPS) is 22.0. The van der Waals surface area contributed by atoms with Crippen LogP contribution < -0.4 is 10.6 Å². The van der Waals surface area contributed by atoms with E-state index in [0.29, 0.717) is 0 Å². The summed E-state index contributed by atoms with van der Waals surface area (Å²) in [7, 11) is -2.88. The molecule has 0 saturated carbocycles. The molecular formula is C22H29O3P. The van der Waals surface area contributed by atoms with Gasteiger partial charge in [0.1, 0.15) is 13.2 Å². The lowest BCUT2D eigenvalue weighted by atomic mass is 10.1. The summed E-state index contributed by atoms with van der Waals surface area (Å²) < 4.78 is 20.4. The van der Waals surface area contributed by atoms with E-state index in [0.717, 1.165) is 36.3 Å². The Morgan fingerprint density at radius 1 is 0.962 bits per heavy atom. The van der Waals surface area contributed by atoms with Crippen molar-refractivity contribution in [2.24, 2.45) is 0 Å². The van der Waals surface area contributed by atoms with Gasteiger partial charge in [0.05, 0.1) is 12.2 Å². The Bertz CT molecular complexity index is 686. The highest BCUT2D eigenvalue weighted by Crippen LogP contribution is 2.56. The summed E-state index contributed by atoms with van der Waals surface area (Å²) in [5.41, 5.74) is -0.0987. The van der Waals surface area contributed by atoms with E-state index in [1.165, 1.54) is 0 Å². The van der Waals surface area contributed by atoms with Crippen LogP contribution in [0.5, 0.6) is 0 Å². The van der Waals surface area contributed by atoms with Crippen molar-refractivity contribution < 1.29 is 14.4 Å². The van der Waals surface area contributed by atoms with Gasteiger partial charge in [-0.25, -0.2) is 0 Å². The maximum atomic E-state index is 14.6. The first-order chi connectivity index (χ1) is 12.6. The topological polar surface area (TPSA) is 49.8 Å². The molecule has 3 rings (SSSR count). The van der Waals surface area contributed by atoms with Gasteiger partial charge in [-0.2, -0.15) is 0 Å². The second kappa shape index (κ2) is 8.52. The maximum absolute atomic E-state index is 14.6. The molecule has 0 amide bonds. The quantitative estimate of drug-likeness (QED) is 0.410. The van der Waals surface area contributed by atoms with Gasteiger partial charge in [0.15, 0.2) is 0 Å². The van der Waals surface area contributed by atoms with Crippen molar-refractivity contribution in [2.45, 2.75) is 63.5 Å². The lowest BCUT2D eigenvalue weighted by Crippen LogP contribution is -2.32. The van der Waals surface area contributed by atoms with E-state index >= 15 is 0 Å². The zero-order valence-electron chi connectivity index (χ0n) is 15.6. The molecular weight excluding hydrogens is 343 g/mol. The zero-order chi connectivity index (χ0) is 18.6. The zero-order valence-corrected chi connectivity index (χ0v) is 16.5. The molecule has 1 N–H and O–H groups in total. The van der Waals surface area contributed by atoms with Gasteiger partial charge >= 0.3 is 0 Å². The molecule has 2 aromatic rings. The summed E-state index contributed by atoms with van der Waals surface area (Å²) in [4.78, 5) is 0. The number of hydrogen-bond donors (Lipinski definition) is 1. The fourth-order valence-corrected chi connectivity index (χ4v) is 7.32. The molecule has 1 aliphatic rings. The van der Waals surface area contributed by atoms with Crippen LogP contribution in [0, 0.1) is 0 Å². The highest BCUT2D eigenvalue weighted by atomic mass is 31.2. The number of ether oxygens (including phenoxy) is 1. The second-order valence-electron chi connectivity index (χ2n) is 7.20. The highest BCUT2D eigenvalue weighted by molar-refractivity contribution is 7.79. The minimum absolute atomic E-state index is 0.0987. The Kier molecular flexibility index (Phi) is 6.34. The van der Waals surface area contributed by atoms with E-state index in [9.17, 15) is 9.67 Å². The molecule has 1 saturated heterocycles. The summed E-state index contributed by atoms with van der Waals surface area (Å²) in [5, 5.41) is 11.7. The predicted molar refractivity (Wildman–Crippen MR) is 108 cm³/mol. The summed E-state index contributed by atoms with van der Waals surface area (Å²) >= 11 is 0. The van der Waals surface area contributed by atoms with Gasteiger partial charge < -0.3 is 14.4 Å². The van der Waals surface area contributed by atoms with Gasteiger partial charge in [-0.05, 0) is 13.3 Å². The van der Waals surface area contributed by atoms with Crippen LogP contribution in [0.1, 0.15) is 39.5 Å². The van der Waals surface area contributed by atoms with Crippen LogP contribution >= 0.6 is 7.14 Å². The summed E-state index contributed by atoms with van der Waals surface area (Å²) in [6.07, 6.45) is 3.24. The van der Waals surface area contributed by atoms with Crippen molar-refractivity contribution in [1.29, 1.82) is 0 Å². The maximum Gasteiger partial charge on any atom is 0.148 e. The van der Waals surface area contributed by atoms with Crippen LogP contribution in [0.3, 0.4) is 0 Å². The molecule has 3 nitrogen and oxygen atoms in total. The van der Waals surface area contributed by atoms with Gasteiger partial charge in [-0.1, -0.05) is 86.8 Å². The number of rotatable bonds is 9. The first kappa shape index (κ1) is 19.4. The first-order valence-electron chi connectivity index (χ1n) is 9.63. The summed E-state index contributed by atoms with van der Waals surface area (Å²) in [6, 6.07) is 19.6. The third-order valence-electron chi connectivity index (χ3n) is 5.27. The SMILES string of the molecule is CCCCC[C@H]([C@H]1O[C@@H]1[C@@H](C)O)P(=O)(c1ccccc1)c1ccccc1. The molecule has 0 unspecified atom stereocenters. The van der Waals surface area contributed by atoms with Crippen LogP contribution in [0.25, 0.3) is 0 Å². The van der Waals surface area contributed by atoms with E-state index in [-0.39, 0.29) is 17.9 Å².